The molecule has 0 fully saturated rings. The van der Waals surface area contributed by atoms with E-state index in [4.69, 9.17) is 5.73 Å². The monoisotopic (exact) mass is 295 g/mol. The van der Waals surface area contributed by atoms with Gasteiger partial charge in [-0.05, 0) is 31.2 Å². The maximum absolute atomic E-state index is 12.1. The molecule has 1 heterocycles. The minimum atomic E-state index is -0.0249. The molecular formula is C12H10BrNOS. The third-order valence-electron chi connectivity index (χ3n) is 2.25. The molecule has 0 spiro atoms. The highest BCUT2D eigenvalue weighted by molar-refractivity contribution is 9.10. The van der Waals surface area contributed by atoms with Gasteiger partial charge in [-0.15, -0.1) is 11.3 Å². The number of aryl methyl sites for hydroxylation is 1. The molecule has 0 atom stereocenters. The topological polar surface area (TPSA) is 43.1 Å². The number of nitrogen functional groups attached to an aromatic ring is 1. The maximum atomic E-state index is 12.1. The van der Waals surface area contributed by atoms with Crippen molar-refractivity contribution in [3.8, 4) is 0 Å². The molecule has 1 aromatic carbocycles. The first-order chi connectivity index (χ1) is 7.58. The maximum Gasteiger partial charge on any atom is 0.195 e. The Morgan fingerprint density at radius 1 is 1.38 bits per heavy atom. The van der Waals surface area contributed by atoms with Gasteiger partial charge in [-0.25, -0.2) is 0 Å². The van der Waals surface area contributed by atoms with E-state index < -0.39 is 0 Å². The number of rotatable bonds is 2. The predicted molar refractivity (Wildman–Crippen MR) is 71.0 cm³/mol. The molecule has 2 rings (SSSR count). The Morgan fingerprint density at radius 3 is 2.75 bits per heavy atom. The van der Waals surface area contributed by atoms with Crippen molar-refractivity contribution in [2.24, 2.45) is 0 Å². The number of halogens is 1. The number of nitrogens with two attached hydrogens (primary N) is 1. The third kappa shape index (κ3) is 2.18. The molecule has 0 aliphatic rings. The molecule has 0 saturated carbocycles. The lowest BCUT2D eigenvalue weighted by Gasteiger charge is -2.03. The molecule has 1 aromatic heterocycles. The zero-order valence-corrected chi connectivity index (χ0v) is 11.1. The molecular weight excluding hydrogens is 286 g/mol. The third-order valence-corrected chi connectivity index (χ3v) is 3.61. The normalized spacial score (nSPS) is 10.4. The molecule has 0 amide bonds. The quantitative estimate of drug-likeness (QED) is 0.679. The van der Waals surface area contributed by atoms with Crippen molar-refractivity contribution in [1.82, 2.24) is 0 Å². The number of carbonyl (C=O) groups excluding carboxylic acids is 1. The molecule has 0 saturated heterocycles. The van der Waals surface area contributed by atoms with Crippen molar-refractivity contribution in [2.75, 3.05) is 5.73 Å². The highest BCUT2D eigenvalue weighted by Gasteiger charge is 2.13. The zero-order chi connectivity index (χ0) is 11.7. The summed E-state index contributed by atoms with van der Waals surface area (Å²) in [4.78, 5) is 13.3. The van der Waals surface area contributed by atoms with Crippen LogP contribution >= 0.6 is 27.3 Å². The van der Waals surface area contributed by atoms with Gasteiger partial charge in [-0.1, -0.05) is 15.9 Å². The minimum Gasteiger partial charge on any atom is -0.398 e. The van der Waals surface area contributed by atoms with Crippen molar-refractivity contribution in [2.45, 2.75) is 6.92 Å². The lowest BCUT2D eigenvalue weighted by Crippen LogP contribution is -2.04. The molecule has 0 unspecified atom stereocenters. The minimum absolute atomic E-state index is 0.0249. The summed E-state index contributed by atoms with van der Waals surface area (Å²) in [6, 6.07) is 7.19. The van der Waals surface area contributed by atoms with E-state index in [9.17, 15) is 4.79 Å². The SMILES string of the molecule is Cc1cc(C(=O)c2cc(Br)ccc2N)cs1. The molecule has 0 bridgehead atoms. The fourth-order valence-corrected chi connectivity index (χ4v) is 2.49. The Balaban J connectivity index is 2.45. The van der Waals surface area contributed by atoms with Gasteiger partial charge in [0.2, 0.25) is 0 Å². The van der Waals surface area contributed by atoms with Gasteiger partial charge in [0.1, 0.15) is 0 Å². The van der Waals surface area contributed by atoms with Crippen molar-refractivity contribution >= 4 is 38.7 Å². The molecule has 4 heteroatoms. The van der Waals surface area contributed by atoms with Crippen LogP contribution in [0, 0.1) is 6.92 Å². The van der Waals surface area contributed by atoms with E-state index in [2.05, 4.69) is 15.9 Å². The van der Waals surface area contributed by atoms with Crippen LogP contribution in [-0.2, 0) is 0 Å². The van der Waals surface area contributed by atoms with Crippen LogP contribution in [0.3, 0.4) is 0 Å². The number of carbonyl (C=O) groups is 1. The smallest absolute Gasteiger partial charge is 0.195 e. The van der Waals surface area contributed by atoms with Crippen LogP contribution in [0.4, 0.5) is 5.69 Å². The molecule has 0 aliphatic carbocycles. The van der Waals surface area contributed by atoms with E-state index in [-0.39, 0.29) is 5.78 Å². The van der Waals surface area contributed by atoms with Gasteiger partial charge < -0.3 is 5.73 Å². The van der Waals surface area contributed by atoms with Crippen LogP contribution in [0.1, 0.15) is 20.8 Å². The molecule has 82 valence electrons. The summed E-state index contributed by atoms with van der Waals surface area (Å²) in [6.07, 6.45) is 0. The number of thiophene rings is 1. The first-order valence-corrected chi connectivity index (χ1v) is 6.40. The number of hydrogen-bond acceptors (Lipinski definition) is 3. The standard InChI is InChI=1S/C12H10BrNOS/c1-7-4-8(6-16-7)12(15)10-5-9(13)2-3-11(10)14/h2-6H,14H2,1H3. The summed E-state index contributed by atoms with van der Waals surface area (Å²) in [6.45, 7) is 1.98. The van der Waals surface area contributed by atoms with Gasteiger partial charge in [0, 0.05) is 31.5 Å². The van der Waals surface area contributed by atoms with Crippen LogP contribution in [-0.4, -0.2) is 5.78 Å². The predicted octanol–water partition coefficient (Wildman–Crippen LogP) is 3.63. The Labute approximate surface area is 106 Å². The van der Waals surface area contributed by atoms with Crippen LogP contribution in [0.25, 0.3) is 0 Å². The van der Waals surface area contributed by atoms with Gasteiger partial charge in [0.15, 0.2) is 5.78 Å². The average Bonchev–Trinajstić information content (AvgIpc) is 2.67. The molecule has 2 nitrogen and oxygen atoms in total. The molecule has 0 aliphatic heterocycles. The van der Waals surface area contributed by atoms with E-state index in [1.165, 1.54) is 0 Å². The van der Waals surface area contributed by atoms with E-state index >= 15 is 0 Å². The van der Waals surface area contributed by atoms with Gasteiger partial charge in [0.05, 0.1) is 0 Å². The lowest BCUT2D eigenvalue weighted by atomic mass is 10.0. The Bertz CT molecular complexity index is 548. The van der Waals surface area contributed by atoms with E-state index in [1.54, 1.807) is 23.5 Å². The second-order valence-electron chi connectivity index (χ2n) is 3.51. The number of ketones is 1. The lowest BCUT2D eigenvalue weighted by molar-refractivity contribution is 0.104. The summed E-state index contributed by atoms with van der Waals surface area (Å²) in [7, 11) is 0. The summed E-state index contributed by atoms with van der Waals surface area (Å²) in [5.41, 5.74) is 7.56. The summed E-state index contributed by atoms with van der Waals surface area (Å²) < 4.78 is 0.858. The van der Waals surface area contributed by atoms with Crippen LogP contribution in [0.15, 0.2) is 34.1 Å². The van der Waals surface area contributed by atoms with Gasteiger partial charge >= 0.3 is 0 Å². The molecule has 2 N–H and O–H groups in total. The second-order valence-corrected chi connectivity index (χ2v) is 5.54. The highest BCUT2D eigenvalue weighted by Crippen LogP contribution is 2.23. The van der Waals surface area contributed by atoms with Crippen molar-refractivity contribution < 1.29 is 4.79 Å². The summed E-state index contributed by atoms with van der Waals surface area (Å²) >= 11 is 4.90. The van der Waals surface area contributed by atoms with Crippen LogP contribution in [0.5, 0.6) is 0 Å². The second kappa shape index (κ2) is 4.39. The Morgan fingerprint density at radius 2 is 2.12 bits per heavy atom. The molecule has 0 radical (unpaired) electrons. The summed E-state index contributed by atoms with van der Waals surface area (Å²) in [5, 5.41) is 1.86. The first kappa shape index (κ1) is 11.4. The van der Waals surface area contributed by atoms with Gasteiger partial charge in [0.25, 0.3) is 0 Å². The average molecular weight is 296 g/mol. The van der Waals surface area contributed by atoms with E-state index in [1.807, 2.05) is 24.4 Å². The van der Waals surface area contributed by atoms with Crippen molar-refractivity contribution in [3.63, 3.8) is 0 Å². The van der Waals surface area contributed by atoms with E-state index in [0.717, 1.165) is 9.35 Å². The Kier molecular flexibility index (Phi) is 3.12. The highest BCUT2D eigenvalue weighted by atomic mass is 79.9. The van der Waals surface area contributed by atoms with Crippen molar-refractivity contribution in [1.29, 1.82) is 0 Å². The van der Waals surface area contributed by atoms with Gasteiger partial charge in [-0.3, -0.25) is 4.79 Å². The van der Waals surface area contributed by atoms with Crippen LogP contribution in [0.2, 0.25) is 0 Å². The number of benzene rings is 1. The summed E-state index contributed by atoms with van der Waals surface area (Å²) in [5.74, 6) is -0.0249. The molecule has 2 aromatic rings. The van der Waals surface area contributed by atoms with Crippen molar-refractivity contribution in [3.05, 3.63) is 50.1 Å². The van der Waals surface area contributed by atoms with E-state index in [0.29, 0.717) is 16.8 Å². The van der Waals surface area contributed by atoms with Gasteiger partial charge in [-0.2, -0.15) is 0 Å². The first-order valence-electron chi connectivity index (χ1n) is 4.73. The Hall–Kier alpha value is -1.13. The number of hydrogen-bond donors (Lipinski definition) is 1. The molecule has 16 heavy (non-hydrogen) atoms. The van der Waals surface area contributed by atoms with Crippen LogP contribution < -0.4 is 5.73 Å². The largest absolute Gasteiger partial charge is 0.398 e. The zero-order valence-electron chi connectivity index (χ0n) is 8.66. The fourth-order valence-electron chi connectivity index (χ4n) is 1.44. The number of anilines is 1. The fraction of sp³-hybridized carbons (Fsp3) is 0.0833.